The van der Waals surface area contributed by atoms with E-state index in [1.807, 2.05) is 43.3 Å². The zero-order chi connectivity index (χ0) is 20.9. The second kappa shape index (κ2) is 9.04. The summed E-state index contributed by atoms with van der Waals surface area (Å²) in [7, 11) is 0. The lowest BCUT2D eigenvalue weighted by Gasteiger charge is -2.10. The first kappa shape index (κ1) is 20.0. The fourth-order valence-corrected chi connectivity index (χ4v) is 3.03. The van der Waals surface area contributed by atoms with Crippen LogP contribution in [0.25, 0.3) is 22.3 Å². The van der Waals surface area contributed by atoms with Crippen LogP contribution in [0.5, 0.6) is 5.88 Å². The highest BCUT2D eigenvalue weighted by atomic mass is 16.5. The van der Waals surface area contributed by atoms with Crippen LogP contribution in [-0.4, -0.2) is 46.7 Å². The van der Waals surface area contributed by atoms with Gasteiger partial charge in [0.05, 0.1) is 17.8 Å². The molecule has 30 heavy (non-hydrogen) atoms. The third-order valence-electron chi connectivity index (χ3n) is 4.76. The molecule has 8 heteroatoms. The molecule has 0 saturated heterocycles. The zero-order valence-corrected chi connectivity index (χ0v) is 16.9. The van der Waals surface area contributed by atoms with Crippen molar-refractivity contribution in [3.05, 3.63) is 42.0 Å². The van der Waals surface area contributed by atoms with Crippen molar-refractivity contribution in [1.29, 1.82) is 0 Å². The number of fused-ring (bicyclic) bond motifs is 1. The second-order valence-electron chi connectivity index (χ2n) is 7.18. The van der Waals surface area contributed by atoms with Gasteiger partial charge in [0, 0.05) is 36.8 Å². The summed E-state index contributed by atoms with van der Waals surface area (Å²) < 4.78 is 11.1. The summed E-state index contributed by atoms with van der Waals surface area (Å²) in [6.45, 7) is 3.70. The van der Waals surface area contributed by atoms with E-state index in [1.165, 1.54) is 0 Å². The summed E-state index contributed by atoms with van der Waals surface area (Å²) >= 11 is 0. The molecule has 0 bridgehead atoms. The van der Waals surface area contributed by atoms with Gasteiger partial charge in [-0.25, -0.2) is 9.97 Å². The summed E-state index contributed by atoms with van der Waals surface area (Å²) in [4.78, 5) is 25.3. The predicted octanol–water partition coefficient (Wildman–Crippen LogP) is 2.97. The maximum Gasteiger partial charge on any atom is 0.251 e. The van der Waals surface area contributed by atoms with E-state index in [0.29, 0.717) is 48.3 Å². The van der Waals surface area contributed by atoms with Gasteiger partial charge in [0.25, 0.3) is 5.91 Å². The maximum absolute atomic E-state index is 12.2. The fourth-order valence-electron chi connectivity index (χ4n) is 3.03. The van der Waals surface area contributed by atoms with Crippen LogP contribution >= 0.6 is 0 Å². The van der Waals surface area contributed by atoms with Gasteiger partial charge in [0.1, 0.15) is 0 Å². The number of ether oxygens (including phenoxy) is 2. The second-order valence-corrected chi connectivity index (χ2v) is 7.18. The van der Waals surface area contributed by atoms with Crippen molar-refractivity contribution >= 4 is 22.9 Å². The highest BCUT2D eigenvalue weighted by Gasteiger charge is 2.23. The monoisotopic (exact) mass is 407 g/mol. The van der Waals surface area contributed by atoms with Gasteiger partial charge in [-0.3, -0.25) is 4.79 Å². The fraction of sp³-hybridized carbons (Fsp3) is 0.364. The number of hydrogen-bond donors (Lipinski definition) is 2. The topological polar surface area (TPSA) is 112 Å². The zero-order valence-electron chi connectivity index (χ0n) is 16.9. The molecule has 0 spiro atoms. The number of benzene rings is 1. The van der Waals surface area contributed by atoms with E-state index >= 15 is 0 Å². The molecule has 0 aliphatic heterocycles. The molecule has 1 aliphatic carbocycles. The number of nitrogens with zero attached hydrogens (tertiary/aromatic N) is 3. The molecule has 1 aromatic carbocycles. The van der Waals surface area contributed by atoms with Crippen molar-refractivity contribution in [2.45, 2.75) is 32.2 Å². The summed E-state index contributed by atoms with van der Waals surface area (Å²) in [5.41, 5.74) is 9.25. The molecule has 0 radical (unpaired) electrons. The standard InChI is InChI=1S/C22H25N5O3/c1-2-29-12-3-13-30-21-19-18(26-22(23)27-21)11-10-17(25-19)14-4-6-15(7-5-14)20(28)24-16-8-9-16/h4-7,10-11,16H,2-3,8-9,12-13H2,1H3,(H,24,28)(H2,23,26,27). The molecule has 0 unspecified atom stereocenters. The van der Waals surface area contributed by atoms with Crippen LogP contribution in [0.2, 0.25) is 0 Å². The number of nitrogen functional groups attached to an aromatic ring is 1. The molecule has 8 nitrogen and oxygen atoms in total. The third-order valence-corrected chi connectivity index (χ3v) is 4.76. The molecule has 2 heterocycles. The highest BCUT2D eigenvalue weighted by Crippen LogP contribution is 2.26. The maximum atomic E-state index is 12.2. The first-order valence-electron chi connectivity index (χ1n) is 10.2. The van der Waals surface area contributed by atoms with E-state index in [0.717, 1.165) is 30.5 Å². The Bertz CT molecular complexity index is 1030. The number of pyridine rings is 1. The normalized spacial score (nSPS) is 13.4. The Morgan fingerprint density at radius 3 is 2.63 bits per heavy atom. The number of carbonyl (C=O) groups excluding carboxylic acids is 1. The molecule has 156 valence electrons. The third kappa shape index (κ3) is 4.83. The van der Waals surface area contributed by atoms with Gasteiger partial charge >= 0.3 is 0 Å². The van der Waals surface area contributed by atoms with Crippen molar-refractivity contribution in [1.82, 2.24) is 20.3 Å². The summed E-state index contributed by atoms with van der Waals surface area (Å²) in [5, 5.41) is 2.99. The molecular formula is C22H25N5O3. The van der Waals surface area contributed by atoms with Crippen LogP contribution < -0.4 is 15.8 Å². The lowest BCUT2D eigenvalue weighted by atomic mass is 10.1. The molecule has 3 aromatic rings. The predicted molar refractivity (Wildman–Crippen MR) is 114 cm³/mol. The lowest BCUT2D eigenvalue weighted by molar-refractivity contribution is 0.0951. The number of carbonyl (C=O) groups is 1. The first-order chi connectivity index (χ1) is 14.6. The summed E-state index contributed by atoms with van der Waals surface area (Å²) in [6, 6.07) is 11.4. The molecule has 1 fully saturated rings. The van der Waals surface area contributed by atoms with E-state index in [-0.39, 0.29) is 11.9 Å². The average molecular weight is 407 g/mol. The lowest BCUT2D eigenvalue weighted by Crippen LogP contribution is -2.25. The van der Waals surface area contributed by atoms with Gasteiger partial charge in [-0.1, -0.05) is 12.1 Å². The van der Waals surface area contributed by atoms with E-state index in [1.54, 1.807) is 0 Å². The Morgan fingerprint density at radius 1 is 1.10 bits per heavy atom. The van der Waals surface area contributed by atoms with Crippen molar-refractivity contribution < 1.29 is 14.3 Å². The van der Waals surface area contributed by atoms with Crippen LogP contribution in [0.3, 0.4) is 0 Å². The first-order valence-corrected chi connectivity index (χ1v) is 10.2. The van der Waals surface area contributed by atoms with Gasteiger partial charge in [-0.2, -0.15) is 4.98 Å². The van der Waals surface area contributed by atoms with Crippen LogP contribution in [-0.2, 0) is 4.74 Å². The SMILES string of the molecule is CCOCCCOc1nc(N)nc2ccc(-c3ccc(C(=O)NC4CC4)cc3)nc12. The average Bonchev–Trinajstić information content (AvgIpc) is 3.57. The van der Waals surface area contributed by atoms with Crippen LogP contribution in [0.15, 0.2) is 36.4 Å². The number of rotatable bonds is 9. The van der Waals surface area contributed by atoms with Gasteiger partial charge in [0.2, 0.25) is 11.8 Å². The molecule has 4 rings (SSSR count). The number of aromatic nitrogens is 3. The Kier molecular flexibility index (Phi) is 6.04. The Labute approximate surface area is 174 Å². The van der Waals surface area contributed by atoms with Crippen molar-refractivity contribution in [2.75, 3.05) is 25.6 Å². The van der Waals surface area contributed by atoms with Crippen molar-refractivity contribution in [2.24, 2.45) is 0 Å². The summed E-state index contributed by atoms with van der Waals surface area (Å²) in [6.07, 6.45) is 2.87. The Morgan fingerprint density at radius 2 is 1.90 bits per heavy atom. The minimum Gasteiger partial charge on any atom is -0.476 e. The Hall–Kier alpha value is -3.26. The number of anilines is 1. The highest BCUT2D eigenvalue weighted by molar-refractivity contribution is 5.95. The van der Waals surface area contributed by atoms with E-state index in [2.05, 4.69) is 15.3 Å². The van der Waals surface area contributed by atoms with Crippen LogP contribution in [0.4, 0.5) is 5.95 Å². The molecule has 1 aliphatic rings. The minimum absolute atomic E-state index is 0.0397. The van der Waals surface area contributed by atoms with Gasteiger partial charge in [0.15, 0.2) is 5.52 Å². The van der Waals surface area contributed by atoms with Crippen LogP contribution in [0, 0.1) is 0 Å². The van der Waals surface area contributed by atoms with Gasteiger partial charge in [-0.15, -0.1) is 0 Å². The molecule has 2 aromatic heterocycles. The molecule has 0 atom stereocenters. The van der Waals surface area contributed by atoms with E-state index < -0.39 is 0 Å². The summed E-state index contributed by atoms with van der Waals surface area (Å²) in [5.74, 6) is 0.460. The number of amides is 1. The van der Waals surface area contributed by atoms with Crippen LogP contribution in [0.1, 0.15) is 36.5 Å². The van der Waals surface area contributed by atoms with Gasteiger partial charge < -0.3 is 20.5 Å². The molecule has 3 N–H and O–H groups in total. The number of nitrogens with two attached hydrogens (primary N) is 1. The van der Waals surface area contributed by atoms with E-state index in [9.17, 15) is 4.79 Å². The largest absolute Gasteiger partial charge is 0.476 e. The quantitative estimate of drug-likeness (QED) is 0.524. The number of nitrogens with one attached hydrogen (secondary N) is 1. The molecule has 1 amide bonds. The van der Waals surface area contributed by atoms with E-state index in [4.69, 9.17) is 20.2 Å². The smallest absolute Gasteiger partial charge is 0.251 e. The van der Waals surface area contributed by atoms with Gasteiger partial charge in [-0.05, 0) is 44.0 Å². The van der Waals surface area contributed by atoms with Crippen molar-refractivity contribution in [3.63, 3.8) is 0 Å². The number of hydrogen-bond acceptors (Lipinski definition) is 7. The molecular weight excluding hydrogens is 382 g/mol. The van der Waals surface area contributed by atoms with Crippen molar-refractivity contribution in [3.8, 4) is 17.1 Å². The Balaban J connectivity index is 1.54. The minimum atomic E-state index is -0.0397. The molecule has 1 saturated carbocycles.